The van der Waals surface area contributed by atoms with Crippen molar-refractivity contribution in [3.63, 3.8) is 0 Å². The van der Waals surface area contributed by atoms with Crippen LogP contribution in [-0.4, -0.2) is 29.8 Å². The van der Waals surface area contributed by atoms with Gasteiger partial charge in [0.25, 0.3) is 0 Å². The SMILES string of the molecule is CCCNC(C)(COc1ccc(C)cc1)C(=O)O. The highest BCUT2D eigenvalue weighted by molar-refractivity contribution is 5.78. The molecule has 18 heavy (non-hydrogen) atoms. The van der Waals surface area contributed by atoms with Gasteiger partial charge in [0.1, 0.15) is 17.9 Å². The first kappa shape index (κ1) is 14.5. The van der Waals surface area contributed by atoms with Crippen molar-refractivity contribution >= 4 is 5.97 Å². The Morgan fingerprint density at radius 1 is 1.39 bits per heavy atom. The molecule has 1 unspecified atom stereocenters. The Kier molecular flexibility index (Phi) is 5.16. The van der Waals surface area contributed by atoms with E-state index in [0.29, 0.717) is 12.3 Å². The van der Waals surface area contributed by atoms with Crippen LogP contribution in [0.2, 0.25) is 0 Å². The van der Waals surface area contributed by atoms with Crippen molar-refractivity contribution in [1.29, 1.82) is 0 Å². The van der Waals surface area contributed by atoms with Gasteiger partial charge in [-0.15, -0.1) is 0 Å². The second-order valence-electron chi connectivity index (χ2n) is 4.67. The Balaban J connectivity index is 2.62. The van der Waals surface area contributed by atoms with Crippen molar-refractivity contribution in [2.75, 3.05) is 13.2 Å². The summed E-state index contributed by atoms with van der Waals surface area (Å²) in [6.07, 6.45) is 0.882. The summed E-state index contributed by atoms with van der Waals surface area (Å²) in [5.74, 6) is -0.213. The van der Waals surface area contributed by atoms with Crippen LogP contribution in [0.4, 0.5) is 0 Å². The Labute approximate surface area is 108 Å². The zero-order valence-corrected chi connectivity index (χ0v) is 11.2. The zero-order valence-electron chi connectivity index (χ0n) is 11.2. The lowest BCUT2D eigenvalue weighted by Crippen LogP contribution is -2.54. The minimum Gasteiger partial charge on any atom is -0.491 e. The number of nitrogens with one attached hydrogen (secondary N) is 1. The number of ether oxygens (including phenoxy) is 1. The van der Waals surface area contributed by atoms with Gasteiger partial charge < -0.3 is 9.84 Å². The Morgan fingerprint density at radius 3 is 2.50 bits per heavy atom. The van der Waals surface area contributed by atoms with Gasteiger partial charge in [0.2, 0.25) is 0 Å². The van der Waals surface area contributed by atoms with Crippen LogP contribution in [0.15, 0.2) is 24.3 Å². The van der Waals surface area contributed by atoms with E-state index in [1.165, 1.54) is 0 Å². The fourth-order valence-corrected chi connectivity index (χ4v) is 1.45. The molecule has 0 saturated heterocycles. The van der Waals surface area contributed by atoms with Gasteiger partial charge in [-0.05, 0) is 38.9 Å². The van der Waals surface area contributed by atoms with Gasteiger partial charge in [-0.1, -0.05) is 24.6 Å². The normalized spacial score (nSPS) is 13.9. The number of hydrogen-bond acceptors (Lipinski definition) is 3. The molecule has 0 heterocycles. The minimum absolute atomic E-state index is 0.103. The van der Waals surface area contributed by atoms with Gasteiger partial charge in [0, 0.05) is 0 Å². The van der Waals surface area contributed by atoms with Crippen LogP contribution in [0.25, 0.3) is 0 Å². The number of hydrogen-bond donors (Lipinski definition) is 2. The molecule has 0 aliphatic heterocycles. The summed E-state index contributed by atoms with van der Waals surface area (Å²) in [6, 6.07) is 7.56. The van der Waals surface area contributed by atoms with E-state index in [1.807, 2.05) is 38.1 Å². The van der Waals surface area contributed by atoms with E-state index >= 15 is 0 Å². The van der Waals surface area contributed by atoms with Gasteiger partial charge in [-0.25, -0.2) is 0 Å². The van der Waals surface area contributed by atoms with Crippen LogP contribution in [-0.2, 0) is 4.79 Å². The van der Waals surface area contributed by atoms with Gasteiger partial charge in [-0.3, -0.25) is 10.1 Å². The zero-order chi connectivity index (χ0) is 13.6. The molecule has 4 nitrogen and oxygen atoms in total. The lowest BCUT2D eigenvalue weighted by Gasteiger charge is -2.26. The first-order valence-electron chi connectivity index (χ1n) is 6.16. The van der Waals surface area contributed by atoms with E-state index in [2.05, 4.69) is 5.32 Å². The van der Waals surface area contributed by atoms with Crippen molar-refractivity contribution in [3.8, 4) is 5.75 Å². The third-order valence-electron chi connectivity index (χ3n) is 2.79. The first-order chi connectivity index (χ1) is 8.48. The summed E-state index contributed by atoms with van der Waals surface area (Å²) >= 11 is 0. The first-order valence-corrected chi connectivity index (χ1v) is 6.16. The molecular weight excluding hydrogens is 230 g/mol. The van der Waals surface area contributed by atoms with E-state index in [0.717, 1.165) is 12.0 Å². The van der Waals surface area contributed by atoms with Crippen LogP contribution in [0.1, 0.15) is 25.8 Å². The molecule has 2 N–H and O–H groups in total. The average Bonchev–Trinajstić information content (AvgIpc) is 2.35. The molecule has 0 aliphatic carbocycles. The summed E-state index contributed by atoms with van der Waals surface area (Å²) in [7, 11) is 0. The number of carbonyl (C=O) groups is 1. The molecule has 1 aromatic rings. The summed E-state index contributed by atoms with van der Waals surface area (Å²) in [5, 5.41) is 12.2. The fraction of sp³-hybridized carbons (Fsp3) is 0.500. The standard InChI is InChI=1S/C14H21NO3/c1-4-9-15-14(3,13(16)17)10-18-12-7-5-11(2)6-8-12/h5-8,15H,4,9-10H2,1-3H3,(H,16,17). The highest BCUT2D eigenvalue weighted by Gasteiger charge is 2.33. The molecule has 0 aromatic heterocycles. The van der Waals surface area contributed by atoms with E-state index in [9.17, 15) is 9.90 Å². The van der Waals surface area contributed by atoms with Crippen LogP contribution < -0.4 is 10.1 Å². The highest BCUT2D eigenvalue weighted by atomic mass is 16.5. The molecule has 0 spiro atoms. The maximum absolute atomic E-state index is 11.3. The second-order valence-corrected chi connectivity index (χ2v) is 4.67. The van der Waals surface area contributed by atoms with Crippen LogP contribution in [0.5, 0.6) is 5.75 Å². The van der Waals surface area contributed by atoms with E-state index in [-0.39, 0.29) is 6.61 Å². The van der Waals surface area contributed by atoms with Gasteiger partial charge >= 0.3 is 5.97 Å². The summed E-state index contributed by atoms with van der Waals surface area (Å²) in [5.41, 5.74) is 0.0911. The molecule has 0 saturated carbocycles. The Morgan fingerprint density at radius 2 is 2.00 bits per heavy atom. The number of aryl methyl sites for hydroxylation is 1. The summed E-state index contributed by atoms with van der Waals surface area (Å²) in [6.45, 7) is 6.38. The van der Waals surface area contributed by atoms with Crippen molar-refractivity contribution in [1.82, 2.24) is 5.32 Å². The molecular formula is C14H21NO3. The molecule has 1 atom stereocenters. The molecule has 4 heteroatoms. The number of carboxylic acid groups (broad SMARTS) is 1. The smallest absolute Gasteiger partial charge is 0.327 e. The van der Waals surface area contributed by atoms with Gasteiger partial charge in [0.15, 0.2) is 0 Å². The molecule has 0 amide bonds. The van der Waals surface area contributed by atoms with Crippen molar-refractivity contribution < 1.29 is 14.6 Å². The van der Waals surface area contributed by atoms with Crippen molar-refractivity contribution in [2.45, 2.75) is 32.7 Å². The number of carboxylic acids is 1. The van der Waals surface area contributed by atoms with E-state index < -0.39 is 11.5 Å². The lowest BCUT2D eigenvalue weighted by atomic mass is 10.0. The molecule has 0 bridgehead atoms. The highest BCUT2D eigenvalue weighted by Crippen LogP contribution is 2.14. The number of rotatable bonds is 7. The molecule has 0 fully saturated rings. The average molecular weight is 251 g/mol. The van der Waals surface area contributed by atoms with Crippen LogP contribution >= 0.6 is 0 Å². The third-order valence-corrected chi connectivity index (χ3v) is 2.79. The second kappa shape index (κ2) is 6.40. The molecule has 1 rings (SSSR count). The molecule has 100 valence electrons. The van der Waals surface area contributed by atoms with Crippen LogP contribution in [0.3, 0.4) is 0 Å². The largest absolute Gasteiger partial charge is 0.491 e. The Hall–Kier alpha value is -1.55. The van der Waals surface area contributed by atoms with E-state index in [1.54, 1.807) is 6.92 Å². The fourth-order valence-electron chi connectivity index (χ4n) is 1.45. The Bertz CT molecular complexity index is 389. The molecule has 1 aromatic carbocycles. The maximum Gasteiger partial charge on any atom is 0.327 e. The van der Waals surface area contributed by atoms with Gasteiger partial charge in [-0.2, -0.15) is 0 Å². The summed E-state index contributed by atoms with van der Waals surface area (Å²) in [4.78, 5) is 11.3. The number of benzene rings is 1. The quantitative estimate of drug-likeness (QED) is 0.780. The number of aliphatic carboxylic acids is 1. The van der Waals surface area contributed by atoms with Crippen molar-refractivity contribution in [2.24, 2.45) is 0 Å². The lowest BCUT2D eigenvalue weighted by molar-refractivity contribution is -0.145. The van der Waals surface area contributed by atoms with Crippen molar-refractivity contribution in [3.05, 3.63) is 29.8 Å². The van der Waals surface area contributed by atoms with Gasteiger partial charge in [0.05, 0.1) is 0 Å². The molecule has 0 radical (unpaired) electrons. The minimum atomic E-state index is -1.05. The third kappa shape index (κ3) is 4.04. The van der Waals surface area contributed by atoms with E-state index in [4.69, 9.17) is 4.74 Å². The topological polar surface area (TPSA) is 58.6 Å². The van der Waals surface area contributed by atoms with Crippen LogP contribution in [0, 0.1) is 6.92 Å². The predicted octanol–water partition coefficient (Wildman–Crippen LogP) is 2.22. The predicted molar refractivity (Wildman–Crippen MR) is 71.0 cm³/mol. The summed E-state index contributed by atoms with van der Waals surface area (Å²) < 4.78 is 5.54. The maximum atomic E-state index is 11.3. The monoisotopic (exact) mass is 251 g/mol. The molecule has 0 aliphatic rings.